The Hall–Kier alpha value is -4.04. The number of fused-ring (bicyclic) bond motifs is 1. The van der Waals surface area contributed by atoms with E-state index in [0.717, 1.165) is 18.3 Å². The predicted octanol–water partition coefficient (Wildman–Crippen LogP) is 5.92. The lowest BCUT2D eigenvalue weighted by Gasteiger charge is -2.21. The summed E-state index contributed by atoms with van der Waals surface area (Å²) < 4.78 is 114. The van der Waals surface area contributed by atoms with E-state index in [4.69, 9.17) is 15.6 Å². The minimum absolute atomic E-state index is 0.0435. The average Bonchev–Trinajstić information content (AvgIpc) is 3.27. The number of carboxylic acids is 1. The third kappa shape index (κ3) is 5.04. The topological polar surface area (TPSA) is 122 Å². The number of aromatic amines is 1. The lowest BCUT2D eigenvalue weighted by molar-refractivity contribution is -0.146. The van der Waals surface area contributed by atoms with Crippen molar-refractivity contribution in [3.8, 4) is 11.5 Å². The molecule has 1 aromatic heterocycles. The number of hydrogen-bond acceptors (Lipinski definition) is 5. The number of H-pyrrole nitrogens is 1. The SMILES string of the molecule is N[C@@H](C(=O)O)c1cc(C(F)(F)F)c(Oc2ccc3[nH]cc(S(=O)(=O)c4ccccc4)c3c2)c(C(F)(F)F)c1. The Morgan fingerprint density at radius 3 is 2.03 bits per heavy atom. The number of aromatic nitrogens is 1. The summed E-state index contributed by atoms with van der Waals surface area (Å²) in [6, 6.07) is 8.62. The Balaban J connectivity index is 1.89. The Morgan fingerprint density at radius 1 is 0.921 bits per heavy atom. The highest BCUT2D eigenvalue weighted by atomic mass is 32.2. The number of carbonyl (C=O) groups is 1. The number of hydrogen-bond donors (Lipinski definition) is 3. The van der Waals surface area contributed by atoms with Gasteiger partial charge in [0.2, 0.25) is 9.84 Å². The number of rotatable bonds is 6. The van der Waals surface area contributed by atoms with Crippen LogP contribution in [0.2, 0.25) is 0 Å². The monoisotopic (exact) mass is 558 g/mol. The number of halogens is 6. The zero-order valence-corrected chi connectivity index (χ0v) is 19.6. The van der Waals surface area contributed by atoms with Gasteiger partial charge in [-0.3, -0.25) is 4.79 Å². The van der Waals surface area contributed by atoms with Crippen molar-refractivity contribution in [2.45, 2.75) is 28.2 Å². The number of ether oxygens (including phenoxy) is 1. The van der Waals surface area contributed by atoms with Crippen molar-refractivity contribution in [2.24, 2.45) is 5.73 Å². The molecule has 0 fully saturated rings. The zero-order valence-electron chi connectivity index (χ0n) is 18.8. The molecule has 0 saturated carbocycles. The summed E-state index contributed by atoms with van der Waals surface area (Å²) in [4.78, 5) is 13.5. The number of nitrogens with two attached hydrogens (primary N) is 1. The second-order valence-corrected chi connectivity index (χ2v) is 9.95. The minimum Gasteiger partial charge on any atom is -0.480 e. The third-order valence-electron chi connectivity index (χ3n) is 5.53. The molecule has 3 aromatic carbocycles. The van der Waals surface area contributed by atoms with Crippen molar-refractivity contribution in [3.05, 3.63) is 83.6 Å². The third-order valence-corrected chi connectivity index (χ3v) is 7.33. The van der Waals surface area contributed by atoms with Gasteiger partial charge in [-0.15, -0.1) is 0 Å². The highest BCUT2D eigenvalue weighted by molar-refractivity contribution is 7.91. The van der Waals surface area contributed by atoms with Gasteiger partial charge < -0.3 is 20.6 Å². The van der Waals surface area contributed by atoms with Gasteiger partial charge >= 0.3 is 18.3 Å². The first-order chi connectivity index (χ1) is 17.6. The summed E-state index contributed by atoms with van der Waals surface area (Å²) in [5.41, 5.74) is 0.743. The van der Waals surface area contributed by atoms with Crippen LogP contribution in [0.25, 0.3) is 10.9 Å². The molecule has 0 saturated heterocycles. The van der Waals surface area contributed by atoms with E-state index in [1.807, 2.05) is 0 Å². The van der Waals surface area contributed by atoms with E-state index < -0.39 is 62.4 Å². The molecule has 0 aliphatic heterocycles. The predicted molar refractivity (Wildman–Crippen MR) is 121 cm³/mol. The van der Waals surface area contributed by atoms with E-state index in [1.54, 1.807) is 6.07 Å². The van der Waals surface area contributed by atoms with E-state index >= 15 is 0 Å². The van der Waals surface area contributed by atoms with Crippen LogP contribution in [-0.4, -0.2) is 24.5 Å². The standard InChI is InChI=1S/C24H16F6N2O5S/c25-23(26,27)16-8-12(20(31)22(33)34)9-17(24(28,29)30)21(16)37-13-6-7-18-15(10-13)19(11-32-18)38(35,36)14-4-2-1-3-5-14/h1-11,20,32H,31H2,(H,33,34)/t20-/m1/s1. The van der Waals surface area contributed by atoms with Gasteiger partial charge in [-0.05, 0) is 48.0 Å². The maximum Gasteiger partial charge on any atom is 0.420 e. The molecule has 1 atom stereocenters. The first kappa shape index (κ1) is 27.0. The van der Waals surface area contributed by atoms with Gasteiger partial charge in [0, 0.05) is 17.1 Å². The average molecular weight is 558 g/mol. The van der Waals surface area contributed by atoms with E-state index in [-0.39, 0.29) is 32.8 Å². The summed E-state index contributed by atoms with van der Waals surface area (Å²) >= 11 is 0. The van der Waals surface area contributed by atoms with Crippen molar-refractivity contribution in [1.29, 1.82) is 0 Å². The van der Waals surface area contributed by atoms with Crippen molar-refractivity contribution < 1.29 is 49.4 Å². The maximum atomic E-state index is 13.9. The fourth-order valence-electron chi connectivity index (χ4n) is 3.71. The number of nitrogens with one attached hydrogen (secondary N) is 1. The van der Waals surface area contributed by atoms with E-state index in [9.17, 15) is 39.6 Å². The first-order valence-corrected chi connectivity index (χ1v) is 12.0. The van der Waals surface area contributed by atoms with Gasteiger partial charge in [0.25, 0.3) is 0 Å². The molecule has 4 N–H and O–H groups in total. The Labute approximate surface area is 210 Å². The van der Waals surface area contributed by atoms with Crippen molar-refractivity contribution in [3.63, 3.8) is 0 Å². The second kappa shape index (κ2) is 9.36. The summed E-state index contributed by atoms with van der Waals surface area (Å²) in [5.74, 6) is -4.02. The molecule has 4 rings (SSSR count). The van der Waals surface area contributed by atoms with Crippen LogP contribution in [-0.2, 0) is 27.0 Å². The largest absolute Gasteiger partial charge is 0.480 e. The van der Waals surface area contributed by atoms with E-state index in [1.165, 1.54) is 30.3 Å². The molecule has 0 bridgehead atoms. The summed E-state index contributed by atoms with van der Waals surface area (Å²) in [6.07, 6.45) is -9.66. The van der Waals surface area contributed by atoms with Gasteiger partial charge in [0.05, 0.1) is 20.9 Å². The van der Waals surface area contributed by atoms with Crippen LogP contribution in [0.1, 0.15) is 22.7 Å². The molecular weight excluding hydrogens is 542 g/mol. The molecule has 1 heterocycles. The Morgan fingerprint density at radius 2 is 1.50 bits per heavy atom. The van der Waals surface area contributed by atoms with Crippen LogP contribution < -0.4 is 10.5 Å². The molecule has 0 amide bonds. The quantitative estimate of drug-likeness (QED) is 0.253. The van der Waals surface area contributed by atoms with Crippen LogP contribution >= 0.6 is 0 Å². The molecule has 0 spiro atoms. The highest BCUT2D eigenvalue weighted by Gasteiger charge is 2.43. The fraction of sp³-hybridized carbons (Fsp3) is 0.125. The minimum atomic E-state index is -5.40. The summed E-state index contributed by atoms with van der Waals surface area (Å²) in [5, 5.41) is 8.97. The molecule has 0 radical (unpaired) electrons. The zero-order chi connectivity index (χ0) is 28.0. The molecule has 7 nitrogen and oxygen atoms in total. The molecule has 0 unspecified atom stereocenters. The van der Waals surface area contributed by atoms with Gasteiger partial charge in [-0.2, -0.15) is 26.3 Å². The van der Waals surface area contributed by atoms with Crippen LogP contribution in [0, 0.1) is 0 Å². The molecule has 38 heavy (non-hydrogen) atoms. The van der Waals surface area contributed by atoms with Gasteiger partial charge in [0.15, 0.2) is 5.75 Å². The fourth-order valence-corrected chi connectivity index (χ4v) is 5.15. The van der Waals surface area contributed by atoms with Crippen LogP contribution in [0.4, 0.5) is 26.3 Å². The number of alkyl halides is 6. The molecule has 4 aromatic rings. The summed E-state index contributed by atoms with van der Waals surface area (Å²) in [6.45, 7) is 0. The summed E-state index contributed by atoms with van der Waals surface area (Å²) in [7, 11) is -4.11. The van der Waals surface area contributed by atoms with Crippen molar-refractivity contribution >= 4 is 26.7 Å². The van der Waals surface area contributed by atoms with Gasteiger partial charge in [-0.1, -0.05) is 18.2 Å². The molecule has 14 heteroatoms. The first-order valence-electron chi connectivity index (χ1n) is 10.5. The van der Waals surface area contributed by atoms with Gasteiger partial charge in [0.1, 0.15) is 11.8 Å². The number of sulfone groups is 1. The number of aliphatic carboxylic acids is 1. The Bertz CT molecular complexity index is 1590. The Kier molecular flexibility index (Phi) is 6.66. The molecule has 0 aliphatic carbocycles. The van der Waals surface area contributed by atoms with Crippen LogP contribution in [0.3, 0.4) is 0 Å². The highest BCUT2D eigenvalue weighted by Crippen LogP contribution is 2.47. The van der Waals surface area contributed by atoms with Crippen molar-refractivity contribution in [1.82, 2.24) is 4.98 Å². The number of carboxylic acid groups (broad SMARTS) is 1. The number of benzene rings is 3. The lowest BCUT2D eigenvalue weighted by atomic mass is 9.98. The smallest absolute Gasteiger partial charge is 0.420 e. The normalized spacial score (nSPS) is 13.4. The van der Waals surface area contributed by atoms with Crippen LogP contribution in [0.15, 0.2) is 76.7 Å². The van der Waals surface area contributed by atoms with Crippen molar-refractivity contribution in [2.75, 3.05) is 0 Å². The lowest BCUT2D eigenvalue weighted by Crippen LogP contribution is -2.23. The molecular formula is C24H16F6N2O5S. The van der Waals surface area contributed by atoms with E-state index in [0.29, 0.717) is 0 Å². The van der Waals surface area contributed by atoms with Crippen LogP contribution in [0.5, 0.6) is 11.5 Å². The van der Waals surface area contributed by atoms with E-state index in [2.05, 4.69) is 4.98 Å². The second-order valence-electron chi connectivity index (χ2n) is 8.04. The molecule has 200 valence electrons. The van der Waals surface area contributed by atoms with Gasteiger partial charge in [-0.25, -0.2) is 8.42 Å². The maximum absolute atomic E-state index is 13.9. The molecule has 0 aliphatic rings.